The highest BCUT2D eigenvalue weighted by Crippen LogP contribution is 1.80. The predicted molar refractivity (Wildman–Crippen MR) is 27.6 cm³/mol. The van der Waals surface area contributed by atoms with Crippen LogP contribution in [0.25, 0.3) is 0 Å². The summed E-state index contributed by atoms with van der Waals surface area (Å²) >= 11 is 0. The third-order valence-electron chi connectivity index (χ3n) is 0.707. The van der Waals surface area contributed by atoms with Gasteiger partial charge in [-0.1, -0.05) is 0 Å². The van der Waals surface area contributed by atoms with E-state index >= 15 is 0 Å². The standard InChI is InChI=1S/C3H7N.CH5N.2ClH/c1-2-4-3-1;1-2;;/h4H,1-3H2;2H2,1H3;2*1H/p-2. The summed E-state index contributed by atoms with van der Waals surface area (Å²) < 4.78 is 0. The molecule has 0 spiro atoms. The van der Waals surface area contributed by atoms with E-state index in [-0.39, 0.29) is 24.8 Å². The third-order valence-corrected chi connectivity index (χ3v) is 0.707. The molecule has 1 aliphatic heterocycles. The lowest BCUT2D eigenvalue weighted by molar-refractivity contribution is -0.001000. The zero-order chi connectivity index (χ0) is 4.83. The van der Waals surface area contributed by atoms with Gasteiger partial charge in [-0.15, -0.1) is 0 Å². The molecule has 1 aliphatic rings. The average Bonchev–Trinajstić information content (AvgIpc) is 1.36. The number of nitrogens with one attached hydrogen (secondary N) is 1. The number of hydrogen-bond acceptors (Lipinski definition) is 2. The first-order valence-corrected chi connectivity index (χ1v) is 2.28. The van der Waals surface area contributed by atoms with Gasteiger partial charge in [-0.25, -0.2) is 0 Å². The van der Waals surface area contributed by atoms with Gasteiger partial charge in [0.15, 0.2) is 0 Å². The molecule has 1 saturated heterocycles. The first-order valence-electron chi connectivity index (χ1n) is 2.28. The smallest absolute Gasteiger partial charge is 0.00368 e. The summed E-state index contributed by atoms with van der Waals surface area (Å²) in [6.45, 7) is 2.50. The van der Waals surface area contributed by atoms with Gasteiger partial charge in [-0.3, -0.25) is 0 Å². The molecule has 8 heavy (non-hydrogen) atoms. The summed E-state index contributed by atoms with van der Waals surface area (Å²) in [5.74, 6) is 0. The van der Waals surface area contributed by atoms with Gasteiger partial charge in [0.1, 0.15) is 0 Å². The second-order valence-electron chi connectivity index (χ2n) is 1.10. The molecule has 0 aromatic heterocycles. The van der Waals surface area contributed by atoms with Crippen LogP contribution in [0.1, 0.15) is 6.42 Å². The van der Waals surface area contributed by atoms with Gasteiger partial charge < -0.3 is 35.9 Å². The molecule has 0 amide bonds. The largest absolute Gasteiger partial charge is 1.00 e. The Bertz CT molecular complexity index is 20.0. The highest BCUT2D eigenvalue weighted by Gasteiger charge is 1.92. The lowest BCUT2D eigenvalue weighted by Gasteiger charge is -2.09. The lowest BCUT2D eigenvalue weighted by Crippen LogP contribution is -3.00. The topological polar surface area (TPSA) is 38.0 Å². The minimum Gasteiger partial charge on any atom is -1.00 e. The Morgan fingerprint density at radius 2 is 1.25 bits per heavy atom. The molecule has 0 unspecified atom stereocenters. The Hall–Kier alpha value is 0.500. The van der Waals surface area contributed by atoms with Crippen molar-refractivity contribution in [3.8, 4) is 0 Å². The second-order valence-corrected chi connectivity index (χ2v) is 1.10. The Labute approximate surface area is 63.0 Å². The van der Waals surface area contributed by atoms with Gasteiger partial charge in [-0.2, -0.15) is 0 Å². The van der Waals surface area contributed by atoms with Gasteiger partial charge in [0.05, 0.1) is 0 Å². The van der Waals surface area contributed by atoms with Crippen molar-refractivity contribution in [1.29, 1.82) is 0 Å². The quantitative estimate of drug-likeness (QED) is 0.369. The number of rotatable bonds is 0. The summed E-state index contributed by atoms with van der Waals surface area (Å²) in [5.41, 5.74) is 4.50. The molecule has 54 valence electrons. The van der Waals surface area contributed by atoms with E-state index in [4.69, 9.17) is 0 Å². The summed E-state index contributed by atoms with van der Waals surface area (Å²) in [6.07, 6.45) is 1.39. The van der Waals surface area contributed by atoms with E-state index in [1.54, 1.807) is 0 Å². The average molecular weight is 159 g/mol. The maximum absolute atomic E-state index is 4.50. The summed E-state index contributed by atoms with van der Waals surface area (Å²) in [6, 6.07) is 0. The van der Waals surface area contributed by atoms with E-state index in [9.17, 15) is 0 Å². The van der Waals surface area contributed by atoms with Crippen LogP contribution in [-0.2, 0) is 0 Å². The van der Waals surface area contributed by atoms with Gasteiger partial charge in [0.2, 0.25) is 0 Å². The van der Waals surface area contributed by atoms with Gasteiger partial charge in [0, 0.05) is 0 Å². The van der Waals surface area contributed by atoms with Crippen molar-refractivity contribution in [3.63, 3.8) is 0 Å². The molecule has 0 aromatic rings. The van der Waals surface area contributed by atoms with Crippen LogP contribution in [-0.4, -0.2) is 20.1 Å². The van der Waals surface area contributed by atoms with Crippen LogP contribution in [0.4, 0.5) is 0 Å². The van der Waals surface area contributed by atoms with E-state index in [2.05, 4.69) is 11.1 Å². The van der Waals surface area contributed by atoms with Gasteiger partial charge in [-0.05, 0) is 26.6 Å². The van der Waals surface area contributed by atoms with Crippen LogP contribution in [0, 0.1) is 0 Å². The summed E-state index contributed by atoms with van der Waals surface area (Å²) in [4.78, 5) is 0. The minimum atomic E-state index is 0. The van der Waals surface area contributed by atoms with Crippen molar-refractivity contribution >= 4 is 0 Å². The molecule has 0 aliphatic carbocycles. The van der Waals surface area contributed by atoms with E-state index in [0.29, 0.717) is 0 Å². The van der Waals surface area contributed by atoms with Crippen LogP contribution < -0.4 is 35.9 Å². The minimum absolute atomic E-state index is 0. The maximum atomic E-state index is 4.50. The molecule has 1 rings (SSSR count). The zero-order valence-corrected chi connectivity index (χ0v) is 6.47. The molecule has 2 nitrogen and oxygen atoms in total. The predicted octanol–water partition coefficient (Wildman–Crippen LogP) is -6.44. The highest BCUT2D eigenvalue weighted by atomic mass is 35.5. The van der Waals surface area contributed by atoms with Crippen LogP contribution in [0.3, 0.4) is 0 Å². The number of hydrogen-bond donors (Lipinski definition) is 2. The van der Waals surface area contributed by atoms with Crippen molar-refractivity contribution in [2.45, 2.75) is 6.42 Å². The summed E-state index contributed by atoms with van der Waals surface area (Å²) in [7, 11) is 1.50. The van der Waals surface area contributed by atoms with E-state index in [0.717, 1.165) is 0 Å². The molecule has 0 radical (unpaired) electrons. The first-order chi connectivity index (χ1) is 3.00. The van der Waals surface area contributed by atoms with Crippen LogP contribution >= 0.6 is 0 Å². The summed E-state index contributed by atoms with van der Waals surface area (Å²) in [5, 5.41) is 3.11. The number of halogens is 2. The molecule has 0 saturated carbocycles. The van der Waals surface area contributed by atoms with Crippen molar-refractivity contribution < 1.29 is 24.8 Å². The van der Waals surface area contributed by atoms with E-state index < -0.39 is 0 Å². The SMILES string of the molecule is C1CNC1.CN.[Cl-].[Cl-]. The Morgan fingerprint density at radius 1 is 1.12 bits per heavy atom. The molecule has 1 heterocycles. The fourth-order valence-electron chi connectivity index (χ4n) is 0.177. The molecule has 1 fully saturated rings. The van der Waals surface area contributed by atoms with Crippen LogP contribution in [0.15, 0.2) is 0 Å². The van der Waals surface area contributed by atoms with Crippen molar-refractivity contribution in [3.05, 3.63) is 0 Å². The first kappa shape index (κ1) is 15.8. The van der Waals surface area contributed by atoms with Crippen molar-refractivity contribution in [2.75, 3.05) is 20.1 Å². The van der Waals surface area contributed by atoms with Crippen molar-refractivity contribution in [2.24, 2.45) is 5.73 Å². The van der Waals surface area contributed by atoms with Gasteiger partial charge >= 0.3 is 0 Å². The molecule has 3 N–H and O–H groups in total. The van der Waals surface area contributed by atoms with E-state index in [1.807, 2.05) is 0 Å². The Morgan fingerprint density at radius 3 is 1.25 bits per heavy atom. The Balaban J connectivity index is -0.0000000583. The number of nitrogens with two attached hydrogens (primary N) is 1. The fourth-order valence-corrected chi connectivity index (χ4v) is 0.177. The lowest BCUT2D eigenvalue weighted by atomic mass is 10.3. The van der Waals surface area contributed by atoms with Gasteiger partial charge in [0.25, 0.3) is 0 Å². The normalized spacial score (nSPS) is 12.8. The van der Waals surface area contributed by atoms with E-state index in [1.165, 1.54) is 26.6 Å². The molecular weight excluding hydrogens is 147 g/mol. The molecule has 0 atom stereocenters. The molecule has 0 bridgehead atoms. The fraction of sp³-hybridized carbons (Fsp3) is 1.00. The van der Waals surface area contributed by atoms with Crippen molar-refractivity contribution in [1.82, 2.24) is 5.32 Å². The molecule has 0 aromatic carbocycles. The highest BCUT2D eigenvalue weighted by molar-refractivity contribution is 4.56. The third kappa shape index (κ3) is 9.71. The zero-order valence-electron chi connectivity index (χ0n) is 4.95. The van der Waals surface area contributed by atoms with Crippen LogP contribution in [0.2, 0.25) is 0 Å². The molecule has 4 heteroatoms. The van der Waals surface area contributed by atoms with Crippen LogP contribution in [0.5, 0.6) is 0 Å². The molecular formula is C4H12Cl2N2-2. The Kier molecular flexibility index (Phi) is 30.9. The second kappa shape index (κ2) is 15.6. The maximum Gasteiger partial charge on any atom is -0.00368 e. The monoisotopic (exact) mass is 158 g/mol.